The summed E-state index contributed by atoms with van der Waals surface area (Å²) >= 11 is 0. The number of nitrogens with two attached hydrogens (primary N) is 1. The fourth-order valence-corrected chi connectivity index (χ4v) is 3.13. The highest BCUT2D eigenvalue weighted by Gasteiger charge is 2.57. The average molecular weight is 423 g/mol. The second kappa shape index (κ2) is 8.43. The Morgan fingerprint density at radius 2 is 2.07 bits per heavy atom. The van der Waals surface area contributed by atoms with Gasteiger partial charge in [0, 0.05) is 31.1 Å². The Labute approximate surface area is 169 Å². The number of nitrogens with zero attached hydrogens (tertiary/aromatic N) is 3. The monoisotopic (exact) mass is 423 g/mol. The van der Waals surface area contributed by atoms with Gasteiger partial charge in [-0.1, -0.05) is 12.1 Å². The summed E-state index contributed by atoms with van der Waals surface area (Å²) in [5, 5.41) is 53.5. The minimum absolute atomic E-state index is 0.0451. The van der Waals surface area contributed by atoms with Crippen molar-refractivity contribution in [2.75, 3.05) is 6.54 Å². The lowest BCUT2D eigenvalue weighted by atomic mass is 10.1. The van der Waals surface area contributed by atoms with Gasteiger partial charge in [0.15, 0.2) is 6.10 Å². The first-order valence-corrected chi connectivity index (χ1v) is 8.90. The van der Waals surface area contributed by atoms with Crippen LogP contribution in [0.4, 0.5) is 5.69 Å². The number of amides is 1. The SMILES string of the molecule is NC(O)[C@H]1O[C@@](O)(n2ccnc2C(=O)NCCc2ccc([N+](=O)[O-])cc2)[C@H](O)[C@@H]1O. The van der Waals surface area contributed by atoms with E-state index in [1.165, 1.54) is 18.3 Å². The molecule has 1 aromatic heterocycles. The Balaban J connectivity index is 1.67. The topological polar surface area (TPSA) is 206 Å². The van der Waals surface area contributed by atoms with Crippen molar-refractivity contribution in [1.82, 2.24) is 14.9 Å². The van der Waals surface area contributed by atoms with Gasteiger partial charge in [0.2, 0.25) is 5.82 Å². The van der Waals surface area contributed by atoms with Crippen molar-refractivity contribution in [2.45, 2.75) is 36.9 Å². The van der Waals surface area contributed by atoms with Crippen LogP contribution < -0.4 is 11.1 Å². The highest BCUT2D eigenvalue weighted by Crippen LogP contribution is 2.34. The lowest BCUT2D eigenvalue weighted by Gasteiger charge is -2.28. The molecule has 2 heterocycles. The van der Waals surface area contributed by atoms with Gasteiger partial charge >= 0.3 is 0 Å². The molecule has 3 rings (SSSR count). The third kappa shape index (κ3) is 4.02. The number of imidazole rings is 1. The summed E-state index contributed by atoms with van der Waals surface area (Å²) in [5.74, 6) is -3.61. The number of hydrogen-bond donors (Lipinski definition) is 6. The predicted molar refractivity (Wildman–Crippen MR) is 98.6 cm³/mol. The van der Waals surface area contributed by atoms with Gasteiger partial charge in [-0.3, -0.25) is 19.5 Å². The summed E-state index contributed by atoms with van der Waals surface area (Å²) in [7, 11) is 0. The van der Waals surface area contributed by atoms with E-state index >= 15 is 0 Å². The third-order valence-electron chi connectivity index (χ3n) is 4.73. The Morgan fingerprint density at radius 1 is 1.40 bits per heavy atom. The highest BCUT2D eigenvalue weighted by molar-refractivity contribution is 5.90. The van der Waals surface area contributed by atoms with Crippen LogP contribution in [-0.2, 0) is 17.1 Å². The number of ether oxygens (including phenoxy) is 1. The molecule has 5 atom stereocenters. The van der Waals surface area contributed by atoms with Gasteiger partial charge in [-0.2, -0.15) is 0 Å². The van der Waals surface area contributed by atoms with E-state index in [1.54, 1.807) is 12.1 Å². The van der Waals surface area contributed by atoms with Gasteiger partial charge in [-0.05, 0) is 12.0 Å². The maximum atomic E-state index is 12.5. The molecule has 1 amide bonds. The standard InChI is InChI=1S/C17H21N5O8/c18-14(25)12-11(23)13(24)17(27,30-12)21-8-7-19-15(21)16(26)20-6-5-9-1-3-10(4-2-9)22(28)29/h1-4,7-8,11-14,23-25,27H,5-6,18H2,(H,20,26)/t11-,12+,13-,14?,17-/m1/s1. The second-order valence-corrected chi connectivity index (χ2v) is 6.72. The lowest BCUT2D eigenvalue weighted by Crippen LogP contribution is -2.47. The number of aliphatic hydroxyl groups is 4. The van der Waals surface area contributed by atoms with E-state index in [0.29, 0.717) is 6.42 Å². The molecule has 0 saturated carbocycles. The number of carbonyl (C=O) groups excluding carboxylic acids is 1. The van der Waals surface area contributed by atoms with Gasteiger partial charge in [0.1, 0.15) is 18.4 Å². The number of nitro benzene ring substituents is 1. The van der Waals surface area contributed by atoms with Crippen LogP contribution in [0.25, 0.3) is 0 Å². The van der Waals surface area contributed by atoms with Crippen molar-refractivity contribution in [3.8, 4) is 0 Å². The number of rotatable bonds is 7. The zero-order valence-corrected chi connectivity index (χ0v) is 15.5. The maximum Gasteiger partial charge on any atom is 0.287 e. The van der Waals surface area contributed by atoms with Gasteiger partial charge in [0.25, 0.3) is 17.5 Å². The molecule has 1 saturated heterocycles. The van der Waals surface area contributed by atoms with Crippen LogP contribution >= 0.6 is 0 Å². The van der Waals surface area contributed by atoms with Crippen LogP contribution in [0.5, 0.6) is 0 Å². The van der Waals surface area contributed by atoms with Gasteiger partial charge < -0.3 is 36.2 Å². The van der Waals surface area contributed by atoms with Gasteiger partial charge in [-0.15, -0.1) is 0 Å². The predicted octanol–water partition coefficient (Wildman–Crippen LogP) is -2.24. The fraction of sp³-hybridized carbons (Fsp3) is 0.412. The number of aromatic nitrogens is 2. The zero-order chi connectivity index (χ0) is 22.1. The van der Waals surface area contributed by atoms with Gasteiger partial charge in [0.05, 0.1) is 4.92 Å². The zero-order valence-electron chi connectivity index (χ0n) is 15.5. The van der Waals surface area contributed by atoms with Crippen molar-refractivity contribution in [3.05, 3.63) is 58.2 Å². The number of non-ortho nitro benzene ring substituents is 1. The summed E-state index contributed by atoms with van der Waals surface area (Å²) < 4.78 is 5.97. The average Bonchev–Trinajstić information content (AvgIpc) is 3.29. The minimum atomic E-state index is -2.58. The molecular weight excluding hydrogens is 402 g/mol. The van der Waals surface area contributed by atoms with Gasteiger partial charge in [-0.25, -0.2) is 4.98 Å². The first kappa shape index (κ1) is 21.8. The molecule has 1 fully saturated rings. The molecule has 1 aromatic carbocycles. The van der Waals surface area contributed by atoms with E-state index in [1.807, 2.05) is 0 Å². The van der Waals surface area contributed by atoms with Crippen molar-refractivity contribution in [1.29, 1.82) is 0 Å². The molecule has 162 valence electrons. The van der Waals surface area contributed by atoms with Crippen LogP contribution in [0.3, 0.4) is 0 Å². The Hall–Kier alpha value is -2.94. The summed E-state index contributed by atoms with van der Waals surface area (Å²) in [4.78, 5) is 26.5. The van der Waals surface area contributed by atoms with E-state index in [4.69, 9.17) is 10.5 Å². The van der Waals surface area contributed by atoms with Crippen LogP contribution in [0.15, 0.2) is 36.7 Å². The number of nitrogens with one attached hydrogen (secondary N) is 1. The van der Waals surface area contributed by atoms with Crippen molar-refractivity contribution in [2.24, 2.45) is 5.73 Å². The molecule has 0 bridgehead atoms. The summed E-state index contributed by atoms with van der Waals surface area (Å²) in [6.07, 6.45) is -4.10. The third-order valence-corrected chi connectivity index (χ3v) is 4.73. The molecule has 30 heavy (non-hydrogen) atoms. The first-order valence-electron chi connectivity index (χ1n) is 8.90. The van der Waals surface area contributed by atoms with Crippen LogP contribution in [0.1, 0.15) is 16.2 Å². The van der Waals surface area contributed by atoms with E-state index in [0.717, 1.165) is 16.3 Å². The molecule has 0 aliphatic carbocycles. The highest BCUT2D eigenvalue weighted by atomic mass is 16.7. The maximum absolute atomic E-state index is 12.5. The largest absolute Gasteiger partial charge is 0.387 e. The number of nitro groups is 1. The molecule has 1 aliphatic heterocycles. The fourth-order valence-electron chi connectivity index (χ4n) is 3.13. The van der Waals surface area contributed by atoms with Crippen LogP contribution in [0.2, 0.25) is 0 Å². The smallest absolute Gasteiger partial charge is 0.287 e. The summed E-state index contributed by atoms with van der Waals surface area (Å²) in [6.45, 7) is 0.151. The lowest BCUT2D eigenvalue weighted by molar-refractivity contribution is -0.384. The van der Waals surface area contributed by atoms with E-state index in [9.17, 15) is 35.3 Å². The normalized spacial score (nSPS) is 27.0. The van der Waals surface area contributed by atoms with Crippen LogP contribution in [-0.4, -0.2) is 71.9 Å². The van der Waals surface area contributed by atoms with Crippen molar-refractivity contribution >= 4 is 11.6 Å². The first-order chi connectivity index (χ1) is 14.1. The van der Waals surface area contributed by atoms with E-state index < -0.39 is 41.3 Å². The van der Waals surface area contributed by atoms with Crippen molar-refractivity contribution < 1.29 is 34.9 Å². The Bertz CT molecular complexity index is 917. The Morgan fingerprint density at radius 3 is 2.63 bits per heavy atom. The molecule has 13 nitrogen and oxygen atoms in total. The van der Waals surface area contributed by atoms with E-state index in [2.05, 4.69) is 10.3 Å². The van der Waals surface area contributed by atoms with Crippen molar-refractivity contribution in [3.63, 3.8) is 0 Å². The van der Waals surface area contributed by atoms with Crippen LogP contribution in [0, 0.1) is 10.1 Å². The Kier molecular flexibility index (Phi) is 6.12. The number of carbonyl (C=O) groups is 1. The molecule has 2 aromatic rings. The summed E-state index contributed by atoms with van der Waals surface area (Å²) in [6, 6.07) is 5.84. The second-order valence-electron chi connectivity index (χ2n) is 6.72. The molecule has 0 spiro atoms. The van der Waals surface area contributed by atoms with E-state index in [-0.39, 0.29) is 18.1 Å². The minimum Gasteiger partial charge on any atom is -0.387 e. The molecule has 1 aliphatic rings. The number of hydrogen-bond acceptors (Lipinski definition) is 10. The quantitative estimate of drug-likeness (QED) is 0.160. The molecule has 7 N–H and O–H groups in total. The number of benzene rings is 1. The summed E-state index contributed by atoms with van der Waals surface area (Å²) in [5.41, 5.74) is 5.98. The molecular formula is C17H21N5O8. The molecule has 13 heteroatoms. The number of aliphatic hydroxyl groups excluding tert-OH is 3. The molecule has 0 radical (unpaired) electrons. The molecule has 1 unspecified atom stereocenters.